The number of unbranched alkanes of at least 4 members (excludes halogenated alkanes) is 1. The van der Waals surface area contributed by atoms with Crippen molar-refractivity contribution < 1.29 is 4.21 Å². The van der Waals surface area contributed by atoms with Gasteiger partial charge in [-0.25, -0.2) is 0 Å². The van der Waals surface area contributed by atoms with E-state index in [1.165, 1.54) is 0 Å². The number of halogens is 2. The molecule has 1 rings (SSSR count). The van der Waals surface area contributed by atoms with Crippen molar-refractivity contribution in [1.29, 1.82) is 0 Å². The lowest BCUT2D eigenvalue weighted by atomic mass is 10.1. The van der Waals surface area contributed by atoms with Gasteiger partial charge >= 0.3 is 0 Å². The Labute approximate surface area is 122 Å². The maximum absolute atomic E-state index is 12.1. The van der Waals surface area contributed by atoms with Crippen molar-refractivity contribution in [3.8, 4) is 0 Å². The number of rotatable bonds is 7. The molecule has 0 amide bonds. The molecule has 1 aromatic carbocycles. The summed E-state index contributed by atoms with van der Waals surface area (Å²) in [5.74, 6) is 0.611. The highest BCUT2D eigenvalue weighted by Crippen LogP contribution is 2.28. The highest BCUT2D eigenvalue weighted by Gasteiger charge is 2.12. The van der Waals surface area contributed by atoms with Crippen molar-refractivity contribution in [2.24, 2.45) is 0 Å². The van der Waals surface area contributed by atoms with Gasteiger partial charge in [0.1, 0.15) is 0 Å². The Morgan fingerprint density at radius 3 is 2.44 bits per heavy atom. The van der Waals surface area contributed by atoms with Crippen LogP contribution in [-0.4, -0.2) is 23.1 Å². The molecule has 0 heterocycles. The predicted molar refractivity (Wildman–Crippen MR) is 80.1 cm³/mol. The fraction of sp³-hybridized carbons (Fsp3) is 0.538. The van der Waals surface area contributed by atoms with Gasteiger partial charge in [0.05, 0.1) is 25.7 Å². The van der Waals surface area contributed by atoms with Crippen molar-refractivity contribution >= 4 is 34.0 Å². The third kappa shape index (κ3) is 4.88. The van der Waals surface area contributed by atoms with Gasteiger partial charge < -0.3 is 5.32 Å². The molecule has 18 heavy (non-hydrogen) atoms. The largest absolute Gasteiger partial charge is 0.317 e. The average molecular weight is 308 g/mol. The second-order valence-electron chi connectivity index (χ2n) is 4.29. The minimum absolute atomic E-state index is 0.490. The smallest absolute Gasteiger partial charge is 0.0760 e. The summed E-state index contributed by atoms with van der Waals surface area (Å²) in [6.07, 6.45) is 3.06. The fourth-order valence-corrected chi connectivity index (χ4v) is 3.79. The quantitative estimate of drug-likeness (QED) is 0.775. The van der Waals surface area contributed by atoms with Crippen LogP contribution in [0.2, 0.25) is 10.0 Å². The van der Waals surface area contributed by atoms with Gasteiger partial charge in [0.25, 0.3) is 0 Å². The van der Waals surface area contributed by atoms with E-state index in [4.69, 9.17) is 23.2 Å². The molecule has 0 bridgehead atoms. The van der Waals surface area contributed by atoms with Gasteiger partial charge in [0, 0.05) is 11.8 Å². The Morgan fingerprint density at radius 2 is 1.89 bits per heavy atom. The van der Waals surface area contributed by atoms with Crippen LogP contribution in [-0.2, 0) is 10.8 Å². The van der Waals surface area contributed by atoms with Crippen molar-refractivity contribution in [2.75, 3.05) is 12.8 Å². The van der Waals surface area contributed by atoms with E-state index in [1.54, 1.807) is 18.2 Å². The molecule has 2 atom stereocenters. The molecule has 0 aliphatic heterocycles. The van der Waals surface area contributed by atoms with Gasteiger partial charge in [-0.2, -0.15) is 0 Å². The normalized spacial score (nSPS) is 14.4. The third-order valence-electron chi connectivity index (χ3n) is 2.86. The van der Waals surface area contributed by atoms with Gasteiger partial charge in [-0.1, -0.05) is 35.7 Å². The molecule has 0 radical (unpaired) electrons. The Kier molecular flexibility index (Phi) is 7.23. The van der Waals surface area contributed by atoms with Crippen LogP contribution < -0.4 is 5.32 Å². The number of nitrogens with one attached hydrogen (secondary N) is 1. The molecule has 1 aromatic rings. The van der Waals surface area contributed by atoms with Gasteiger partial charge in [-0.15, -0.1) is 0 Å². The van der Waals surface area contributed by atoms with Crippen molar-refractivity contribution in [3.05, 3.63) is 28.2 Å². The van der Waals surface area contributed by atoms with Crippen molar-refractivity contribution in [3.63, 3.8) is 0 Å². The molecular weight excluding hydrogens is 289 g/mol. The molecule has 0 aliphatic rings. The van der Waals surface area contributed by atoms with E-state index in [-0.39, 0.29) is 0 Å². The molecule has 0 aromatic heterocycles. The van der Waals surface area contributed by atoms with Crippen LogP contribution in [0.15, 0.2) is 23.1 Å². The average Bonchev–Trinajstić information content (AvgIpc) is 2.34. The Hall–Kier alpha value is -0.0900. The van der Waals surface area contributed by atoms with Crippen LogP contribution in [0.4, 0.5) is 0 Å². The second kappa shape index (κ2) is 8.16. The molecule has 1 N–H and O–H groups in total. The van der Waals surface area contributed by atoms with Crippen LogP contribution in [0.1, 0.15) is 26.2 Å². The minimum atomic E-state index is -1.11. The van der Waals surface area contributed by atoms with Gasteiger partial charge in [0.15, 0.2) is 0 Å². The summed E-state index contributed by atoms with van der Waals surface area (Å²) < 4.78 is 12.1. The maximum Gasteiger partial charge on any atom is 0.0760 e. The van der Waals surface area contributed by atoms with Crippen molar-refractivity contribution in [1.82, 2.24) is 5.32 Å². The van der Waals surface area contributed by atoms with E-state index >= 15 is 0 Å². The van der Waals surface area contributed by atoms with Gasteiger partial charge in [-0.05, 0) is 38.9 Å². The van der Waals surface area contributed by atoms with Gasteiger partial charge in [-0.3, -0.25) is 4.21 Å². The topological polar surface area (TPSA) is 29.1 Å². The fourth-order valence-electron chi connectivity index (χ4n) is 1.63. The van der Waals surface area contributed by atoms with E-state index in [0.29, 0.717) is 26.7 Å². The molecular formula is C13H19Cl2NOS. The first kappa shape index (κ1) is 16.0. The number of benzene rings is 1. The molecule has 5 heteroatoms. The summed E-state index contributed by atoms with van der Waals surface area (Å²) in [7, 11) is 0.843. The van der Waals surface area contributed by atoms with Gasteiger partial charge in [0.2, 0.25) is 0 Å². The zero-order valence-corrected chi connectivity index (χ0v) is 13.0. The van der Waals surface area contributed by atoms with Crippen LogP contribution in [0, 0.1) is 0 Å². The molecule has 0 saturated carbocycles. The molecule has 0 saturated heterocycles. The highest BCUT2D eigenvalue weighted by atomic mass is 35.5. The highest BCUT2D eigenvalue weighted by molar-refractivity contribution is 7.85. The van der Waals surface area contributed by atoms with Crippen molar-refractivity contribution in [2.45, 2.75) is 37.1 Å². The maximum atomic E-state index is 12.1. The van der Waals surface area contributed by atoms with Crippen LogP contribution in [0.25, 0.3) is 0 Å². The van der Waals surface area contributed by atoms with Crippen LogP contribution in [0.3, 0.4) is 0 Å². The SMILES string of the molecule is CNC(C)CCCCS(=O)c1c(Cl)cccc1Cl. The second-order valence-corrected chi connectivity index (χ2v) is 6.61. The van der Waals surface area contributed by atoms with E-state index in [1.807, 2.05) is 7.05 Å². The van der Waals surface area contributed by atoms with E-state index in [0.717, 1.165) is 19.3 Å². The first-order chi connectivity index (χ1) is 8.56. The first-order valence-corrected chi connectivity index (χ1v) is 8.13. The summed E-state index contributed by atoms with van der Waals surface area (Å²) in [6, 6.07) is 5.72. The Morgan fingerprint density at radius 1 is 1.28 bits per heavy atom. The minimum Gasteiger partial charge on any atom is -0.317 e. The van der Waals surface area contributed by atoms with E-state index in [2.05, 4.69) is 12.2 Å². The summed E-state index contributed by atoms with van der Waals surface area (Å²) in [6.45, 7) is 2.14. The van der Waals surface area contributed by atoms with Crippen LogP contribution >= 0.6 is 23.2 Å². The molecule has 0 fully saturated rings. The first-order valence-electron chi connectivity index (χ1n) is 6.06. The van der Waals surface area contributed by atoms with E-state index in [9.17, 15) is 4.21 Å². The Bertz CT molecular complexity index is 392. The summed E-state index contributed by atoms with van der Waals surface area (Å²) in [5.41, 5.74) is 0. The number of hydrogen-bond acceptors (Lipinski definition) is 2. The Balaban J connectivity index is 2.46. The zero-order chi connectivity index (χ0) is 13.5. The molecule has 2 nitrogen and oxygen atoms in total. The molecule has 0 spiro atoms. The molecule has 2 unspecified atom stereocenters. The number of hydrogen-bond donors (Lipinski definition) is 1. The lowest BCUT2D eigenvalue weighted by Gasteiger charge is -2.10. The third-order valence-corrected chi connectivity index (χ3v) is 5.26. The molecule has 102 valence electrons. The standard InChI is InChI=1S/C13H19Cl2NOS/c1-10(16-2)6-3-4-9-18(17)13-11(14)7-5-8-12(13)15/h5,7-8,10,16H,3-4,6,9H2,1-2H3. The lowest BCUT2D eigenvalue weighted by molar-refractivity contribution is 0.537. The monoisotopic (exact) mass is 307 g/mol. The van der Waals surface area contributed by atoms with Crippen LogP contribution in [0.5, 0.6) is 0 Å². The summed E-state index contributed by atoms with van der Waals surface area (Å²) in [4.78, 5) is 0.572. The molecule has 0 aliphatic carbocycles. The predicted octanol–water partition coefficient (Wildman–Crippen LogP) is 3.88. The van der Waals surface area contributed by atoms with E-state index < -0.39 is 10.8 Å². The zero-order valence-electron chi connectivity index (χ0n) is 10.7. The summed E-state index contributed by atoms with van der Waals surface area (Å²) in [5, 5.41) is 4.17. The summed E-state index contributed by atoms with van der Waals surface area (Å²) >= 11 is 12.0. The lowest BCUT2D eigenvalue weighted by Crippen LogP contribution is -2.20.